The average molecular weight is 262 g/mol. The maximum Gasteiger partial charge on any atom is 0.101 e. The molecule has 0 unspecified atom stereocenters. The van der Waals surface area contributed by atoms with Crippen molar-refractivity contribution < 1.29 is 0 Å². The summed E-state index contributed by atoms with van der Waals surface area (Å²) in [6.45, 7) is 0. The zero-order valence-corrected chi connectivity index (χ0v) is 10.9. The second-order valence-corrected chi connectivity index (χ2v) is 5.01. The van der Waals surface area contributed by atoms with Gasteiger partial charge in [-0.1, -0.05) is 24.3 Å². The van der Waals surface area contributed by atoms with E-state index in [0.29, 0.717) is 5.57 Å². The van der Waals surface area contributed by atoms with Crippen molar-refractivity contribution in [1.82, 2.24) is 4.98 Å². The molecule has 3 aromatic rings. The molecular weight excluding hydrogens is 252 g/mol. The number of nitrogens with zero attached hydrogens (tertiary/aromatic N) is 2. The standard InChI is InChI=1S/C16H10N2S/c17-11-13(16-6-3-9-19-16)10-12-7-8-18-15-5-2-1-4-14(12)15/h1-10H. The van der Waals surface area contributed by atoms with Crippen LogP contribution in [-0.2, 0) is 0 Å². The van der Waals surface area contributed by atoms with E-state index in [1.54, 1.807) is 17.5 Å². The first-order valence-electron chi connectivity index (χ1n) is 5.88. The van der Waals surface area contributed by atoms with Crippen LogP contribution in [0.3, 0.4) is 0 Å². The van der Waals surface area contributed by atoms with Gasteiger partial charge in [-0.05, 0) is 35.2 Å². The molecule has 0 atom stereocenters. The van der Waals surface area contributed by atoms with Crippen LogP contribution in [0.15, 0.2) is 54.0 Å². The number of aromatic nitrogens is 1. The Kier molecular flexibility index (Phi) is 3.09. The van der Waals surface area contributed by atoms with Crippen molar-refractivity contribution in [2.24, 2.45) is 0 Å². The molecule has 2 nitrogen and oxygen atoms in total. The molecule has 0 bridgehead atoms. The van der Waals surface area contributed by atoms with Gasteiger partial charge in [0.15, 0.2) is 0 Å². The van der Waals surface area contributed by atoms with E-state index in [4.69, 9.17) is 0 Å². The Bertz CT molecular complexity index is 775. The van der Waals surface area contributed by atoms with Gasteiger partial charge in [-0.2, -0.15) is 5.26 Å². The van der Waals surface area contributed by atoms with Gasteiger partial charge in [-0.15, -0.1) is 11.3 Å². The van der Waals surface area contributed by atoms with Crippen molar-refractivity contribution in [1.29, 1.82) is 5.26 Å². The van der Waals surface area contributed by atoms with Crippen molar-refractivity contribution in [3.05, 3.63) is 64.5 Å². The Balaban J connectivity index is 2.18. The van der Waals surface area contributed by atoms with Crippen LogP contribution in [0.5, 0.6) is 0 Å². The monoisotopic (exact) mass is 262 g/mol. The van der Waals surface area contributed by atoms with E-state index in [-0.39, 0.29) is 0 Å². The molecule has 19 heavy (non-hydrogen) atoms. The fourth-order valence-corrected chi connectivity index (χ4v) is 2.68. The SMILES string of the molecule is N#CC(=Cc1ccnc2ccccc12)c1cccs1. The summed E-state index contributed by atoms with van der Waals surface area (Å²) < 4.78 is 0. The Morgan fingerprint density at radius 2 is 2.05 bits per heavy atom. The predicted molar refractivity (Wildman–Crippen MR) is 79.5 cm³/mol. The fraction of sp³-hybridized carbons (Fsp3) is 0. The molecule has 0 aliphatic carbocycles. The molecule has 0 saturated heterocycles. The van der Waals surface area contributed by atoms with Crippen LogP contribution < -0.4 is 0 Å². The first-order valence-corrected chi connectivity index (χ1v) is 6.76. The Hall–Kier alpha value is -2.44. The maximum absolute atomic E-state index is 9.30. The number of nitriles is 1. The summed E-state index contributed by atoms with van der Waals surface area (Å²) in [6.07, 6.45) is 3.70. The van der Waals surface area contributed by atoms with Gasteiger partial charge in [-0.3, -0.25) is 4.98 Å². The summed E-state index contributed by atoms with van der Waals surface area (Å²) >= 11 is 1.57. The molecule has 0 radical (unpaired) electrons. The topological polar surface area (TPSA) is 36.7 Å². The van der Waals surface area contributed by atoms with Gasteiger partial charge in [-0.25, -0.2) is 0 Å². The largest absolute Gasteiger partial charge is 0.256 e. The highest BCUT2D eigenvalue weighted by Crippen LogP contribution is 2.25. The molecule has 0 amide bonds. The molecule has 0 saturated carbocycles. The Morgan fingerprint density at radius 1 is 1.16 bits per heavy atom. The summed E-state index contributed by atoms with van der Waals surface area (Å²) in [5, 5.41) is 12.3. The average Bonchev–Trinajstić information content (AvgIpc) is 2.99. The summed E-state index contributed by atoms with van der Waals surface area (Å²) in [6, 6.07) is 16.1. The zero-order valence-electron chi connectivity index (χ0n) is 10.1. The molecule has 3 heteroatoms. The van der Waals surface area contributed by atoms with Crippen LogP contribution in [-0.4, -0.2) is 4.98 Å². The minimum absolute atomic E-state index is 0.686. The van der Waals surface area contributed by atoms with Crippen molar-refractivity contribution in [2.75, 3.05) is 0 Å². The summed E-state index contributed by atoms with van der Waals surface area (Å²) in [7, 11) is 0. The van der Waals surface area contributed by atoms with Crippen LogP contribution in [0.2, 0.25) is 0 Å². The molecule has 2 heterocycles. The molecule has 0 N–H and O–H groups in total. The molecule has 0 aliphatic rings. The van der Waals surface area contributed by atoms with Crippen LogP contribution in [0.4, 0.5) is 0 Å². The number of hydrogen-bond donors (Lipinski definition) is 0. The third kappa shape index (κ3) is 2.26. The number of pyridine rings is 1. The Labute approximate surface area is 115 Å². The van der Waals surface area contributed by atoms with Crippen LogP contribution >= 0.6 is 11.3 Å². The smallest absolute Gasteiger partial charge is 0.101 e. The highest BCUT2D eigenvalue weighted by molar-refractivity contribution is 7.11. The number of thiophene rings is 1. The van der Waals surface area contributed by atoms with Gasteiger partial charge in [0.2, 0.25) is 0 Å². The normalized spacial score (nSPS) is 11.4. The number of hydrogen-bond acceptors (Lipinski definition) is 3. The Morgan fingerprint density at radius 3 is 2.84 bits per heavy atom. The number of rotatable bonds is 2. The number of allylic oxidation sites excluding steroid dienone is 1. The number of benzene rings is 1. The minimum Gasteiger partial charge on any atom is -0.256 e. The van der Waals surface area contributed by atoms with Crippen molar-refractivity contribution in [2.45, 2.75) is 0 Å². The van der Waals surface area contributed by atoms with E-state index < -0.39 is 0 Å². The first-order chi connectivity index (χ1) is 9.38. The van der Waals surface area contributed by atoms with E-state index in [2.05, 4.69) is 11.1 Å². The summed E-state index contributed by atoms with van der Waals surface area (Å²) in [5.41, 5.74) is 2.65. The van der Waals surface area contributed by atoms with E-state index in [0.717, 1.165) is 21.3 Å². The molecule has 0 aliphatic heterocycles. The highest BCUT2D eigenvalue weighted by Gasteiger charge is 2.04. The van der Waals surface area contributed by atoms with Crippen molar-refractivity contribution >= 4 is 33.9 Å². The zero-order chi connectivity index (χ0) is 13.1. The first kappa shape index (κ1) is 11.6. The molecular formula is C16H10N2S. The lowest BCUT2D eigenvalue weighted by Crippen LogP contribution is -1.83. The van der Waals surface area contributed by atoms with E-state index in [1.807, 2.05) is 53.9 Å². The molecule has 0 fully saturated rings. The van der Waals surface area contributed by atoms with Gasteiger partial charge < -0.3 is 0 Å². The quantitative estimate of drug-likeness (QED) is 0.643. The van der Waals surface area contributed by atoms with Gasteiger partial charge in [0.1, 0.15) is 6.07 Å². The number of para-hydroxylation sites is 1. The van der Waals surface area contributed by atoms with Crippen LogP contribution in [0.1, 0.15) is 10.4 Å². The molecule has 2 aromatic heterocycles. The summed E-state index contributed by atoms with van der Waals surface area (Å²) in [5.74, 6) is 0. The lowest BCUT2D eigenvalue weighted by molar-refractivity contribution is 1.41. The maximum atomic E-state index is 9.30. The van der Waals surface area contributed by atoms with E-state index >= 15 is 0 Å². The lowest BCUT2D eigenvalue weighted by Gasteiger charge is -2.02. The second-order valence-electron chi connectivity index (χ2n) is 4.06. The van der Waals surface area contributed by atoms with Crippen LogP contribution in [0, 0.1) is 11.3 Å². The van der Waals surface area contributed by atoms with Gasteiger partial charge >= 0.3 is 0 Å². The second kappa shape index (κ2) is 5.05. The lowest BCUT2D eigenvalue weighted by atomic mass is 10.1. The molecule has 1 aromatic carbocycles. The van der Waals surface area contributed by atoms with Crippen molar-refractivity contribution in [3.8, 4) is 6.07 Å². The van der Waals surface area contributed by atoms with Crippen LogP contribution in [0.25, 0.3) is 22.6 Å². The van der Waals surface area contributed by atoms with Gasteiger partial charge in [0, 0.05) is 16.5 Å². The third-order valence-corrected chi connectivity index (χ3v) is 3.79. The number of fused-ring (bicyclic) bond motifs is 1. The van der Waals surface area contributed by atoms with Gasteiger partial charge in [0.25, 0.3) is 0 Å². The highest BCUT2D eigenvalue weighted by atomic mass is 32.1. The molecule has 0 spiro atoms. The minimum atomic E-state index is 0.686. The predicted octanol–water partition coefficient (Wildman–Crippen LogP) is 4.36. The fourth-order valence-electron chi connectivity index (χ4n) is 1.99. The van der Waals surface area contributed by atoms with Gasteiger partial charge in [0.05, 0.1) is 11.1 Å². The summed E-state index contributed by atoms with van der Waals surface area (Å²) in [4.78, 5) is 5.32. The third-order valence-electron chi connectivity index (χ3n) is 2.89. The molecule has 3 rings (SSSR count). The van der Waals surface area contributed by atoms with E-state index in [1.165, 1.54) is 0 Å². The molecule has 90 valence electrons. The van der Waals surface area contributed by atoms with Crippen molar-refractivity contribution in [3.63, 3.8) is 0 Å². The van der Waals surface area contributed by atoms with E-state index in [9.17, 15) is 5.26 Å².